The lowest BCUT2D eigenvalue weighted by molar-refractivity contribution is -0.140. The number of methoxy groups -OCH3 is 1. The summed E-state index contributed by atoms with van der Waals surface area (Å²) < 4.78 is 4.80. The molecule has 6 atom stereocenters. The minimum absolute atomic E-state index is 0.0355. The molecule has 4 fully saturated rings. The molecule has 12 heteroatoms. The Kier molecular flexibility index (Phi) is 9.79. The normalized spacial score (nSPS) is 25.8. The predicted molar refractivity (Wildman–Crippen MR) is 227 cm³/mol. The first-order valence-corrected chi connectivity index (χ1v) is 22.2. The molecular weight excluding hydrogens is 829 g/mol. The molecule has 11 nitrogen and oxygen atoms in total. The largest absolute Gasteiger partial charge is 0.453 e. The SMILES string of the molecule is COC(=O)N[C@H](C(=O)N1CC2CCC1(c1nc(-c3ccc(-c4ccc(-c5c[nH]c(C67CCC(CN6C(=O)[C@@H](I)C(C)C)C7)n5)c5c4CCC5)cc3)c[nH]1)C2)C(C)C. The Hall–Kier alpha value is -4.20. The van der Waals surface area contributed by atoms with Gasteiger partial charge in [0.15, 0.2) is 0 Å². The first kappa shape index (κ1) is 38.3. The van der Waals surface area contributed by atoms with Crippen LogP contribution in [0, 0.1) is 23.7 Å². The summed E-state index contributed by atoms with van der Waals surface area (Å²) in [6.07, 6.45) is 12.5. The van der Waals surface area contributed by atoms with E-state index in [4.69, 9.17) is 14.7 Å². The van der Waals surface area contributed by atoms with Crippen molar-refractivity contribution in [3.05, 3.63) is 71.6 Å². The monoisotopic (exact) mass is 883 g/mol. The van der Waals surface area contributed by atoms with Gasteiger partial charge in [-0.25, -0.2) is 14.8 Å². The van der Waals surface area contributed by atoms with Crippen LogP contribution >= 0.6 is 22.6 Å². The lowest BCUT2D eigenvalue weighted by Crippen LogP contribution is -2.56. The molecule has 4 aromatic rings. The average Bonchev–Trinajstić information content (AvgIpc) is 4.07. The maximum Gasteiger partial charge on any atom is 0.407 e. The van der Waals surface area contributed by atoms with Crippen LogP contribution in [0.5, 0.6) is 0 Å². The van der Waals surface area contributed by atoms with E-state index in [1.807, 2.05) is 24.9 Å². The third-order valence-corrected chi connectivity index (χ3v) is 15.9. The van der Waals surface area contributed by atoms with Crippen molar-refractivity contribution in [1.82, 2.24) is 35.1 Å². The van der Waals surface area contributed by atoms with Crippen molar-refractivity contribution < 1.29 is 19.1 Å². The van der Waals surface area contributed by atoms with Gasteiger partial charge in [-0.2, -0.15) is 0 Å². The third kappa shape index (κ3) is 6.30. The minimum Gasteiger partial charge on any atom is -0.453 e. The van der Waals surface area contributed by atoms with Crippen molar-refractivity contribution in [2.24, 2.45) is 23.7 Å². The summed E-state index contributed by atoms with van der Waals surface area (Å²) >= 11 is 2.33. The molecule has 3 aliphatic carbocycles. The zero-order chi connectivity index (χ0) is 39.8. The Bertz CT molecular complexity index is 2210. The van der Waals surface area contributed by atoms with E-state index in [1.165, 1.54) is 34.9 Å². The molecule has 3 N–H and O–H groups in total. The van der Waals surface area contributed by atoms with E-state index in [0.29, 0.717) is 24.3 Å². The summed E-state index contributed by atoms with van der Waals surface area (Å²) in [5.74, 6) is 3.09. The van der Waals surface area contributed by atoms with Crippen molar-refractivity contribution in [2.75, 3.05) is 20.2 Å². The van der Waals surface area contributed by atoms with Crippen LogP contribution in [0.3, 0.4) is 0 Å². The number of imidazole rings is 2. The van der Waals surface area contributed by atoms with Gasteiger partial charge < -0.3 is 29.8 Å². The molecule has 3 amide bonds. The maximum absolute atomic E-state index is 14.0. The molecule has 2 aromatic carbocycles. The van der Waals surface area contributed by atoms with E-state index in [2.05, 4.69) is 99.2 Å². The average molecular weight is 884 g/mol. The van der Waals surface area contributed by atoms with Crippen LogP contribution in [-0.2, 0) is 38.2 Å². The number of rotatable bonds is 10. The summed E-state index contributed by atoms with van der Waals surface area (Å²) in [4.78, 5) is 61.4. The molecule has 2 aliphatic heterocycles. The van der Waals surface area contributed by atoms with Gasteiger partial charge >= 0.3 is 6.09 Å². The van der Waals surface area contributed by atoms with Gasteiger partial charge in [-0.15, -0.1) is 0 Å². The molecule has 4 heterocycles. The lowest BCUT2D eigenvalue weighted by atomic mass is 9.92. The summed E-state index contributed by atoms with van der Waals surface area (Å²) in [6, 6.07) is 12.5. The number of likely N-dealkylation sites (tertiary alicyclic amines) is 2. The number of halogens is 1. The lowest BCUT2D eigenvalue weighted by Gasteiger charge is -2.40. The molecule has 57 heavy (non-hydrogen) atoms. The molecule has 4 unspecified atom stereocenters. The number of alkyl halides is 1. The molecule has 5 aliphatic rings. The van der Waals surface area contributed by atoms with Crippen molar-refractivity contribution in [2.45, 2.75) is 107 Å². The zero-order valence-corrected chi connectivity index (χ0v) is 35.8. The number of aromatic nitrogens is 4. The van der Waals surface area contributed by atoms with Gasteiger partial charge in [-0.3, -0.25) is 9.59 Å². The number of piperidine rings is 2. The zero-order valence-electron chi connectivity index (χ0n) is 33.7. The first-order valence-electron chi connectivity index (χ1n) is 20.9. The van der Waals surface area contributed by atoms with Crippen molar-refractivity contribution in [1.29, 1.82) is 0 Å². The quantitative estimate of drug-likeness (QED) is 0.109. The fourth-order valence-corrected chi connectivity index (χ4v) is 11.3. The predicted octanol–water partition coefficient (Wildman–Crippen LogP) is 8.14. The first-order chi connectivity index (χ1) is 27.4. The number of H-pyrrole nitrogens is 2. The van der Waals surface area contributed by atoms with Gasteiger partial charge in [-0.05, 0) is 104 Å². The van der Waals surface area contributed by atoms with E-state index in [0.717, 1.165) is 92.9 Å². The van der Waals surface area contributed by atoms with E-state index in [-0.39, 0.29) is 27.2 Å². The highest BCUT2D eigenvalue weighted by Gasteiger charge is 2.57. The highest BCUT2D eigenvalue weighted by Crippen LogP contribution is 2.54. The molecule has 300 valence electrons. The van der Waals surface area contributed by atoms with Gasteiger partial charge in [0, 0.05) is 36.6 Å². The van der Waals surface area contributed by atoms with Gasteiger partial charge in [0.25, 0.3) is 0 Å². The van der Waals surface area contributed by atoms with Gasteiger partial charge in [0.05, 0.1) is 22.4 Å². The van der Waals surface area contributed by atoms with Gasteiger partial charge in [0.2, 0.25) is 11.8 Å². The summed E-state index contributed by atoms with van der Waals surface area (Å²) in [6.45, 7) is 9.65. The molecule has 2 saturated heterocycles. The van der Waals surface area contributed by atoms with Gasteiger partial charge in [-0.1, -0.05) is 86.7 Å². The molecular formula is C45H54IN7O4. The van der Waals surface area contributed by atoms with E-state index >= 15 is 0 Å². The number of nitrogens with one attached hydrogen (secondary N) is 3. The van der Waals surface area contributed by atoms with Crippen LogP contribution in [0.25, 0.3) is 33.6 Å². The Labute approximate surface area is 348 Å². The number of benzene rings is 2. The standard InChI is InChI=1S/C45H54IN7O4/c1-25(2)37(46)39(54)52-23-27-15-17-44(52,19-27)42-48-22-36(50-42)34-14-13-31(32-7-6-8-33(32)34)29-9-11-30(12-10-29)35-21-47-41(49-35)45-18-16-28(20-45)24-53(45)40(55)38(26(3)4)51-43(56)57-5/h9-14,21-22,25-28,37-38H,6-8,15-20,23-24H2,1-5H3,(H,47,49)(H,48,50)(H,51,56)/t27?,28?,37-,38-,44?,45?/m0/s1. The number of hydrogen-bond acceptors (Lipinski definition) is 6. The molecule has 4 bridgehead atoms. The second-order valence-electron chi connectivity index (χ2n) is 18.0. The summed E-state index contributed by atoms with van der Waals surface area (Å²) in [5, 5.41) is 2.77. The number of ether oxygens (including phenoxy) is 1. The summed E-state index contributed by atoms with van der Waals surface area (Å²) in [7, 11) is 1.32. The number of alkyl carbamates (subject to hydrolysis) is 1. The van der Waals surface area contributed by atoms with E-state index in [9.17, 15) is 14.4 Å². The van der Waals surface area contributed by atoms with Crippen LogP contribution in [0.1, 0.15) is 95.4 Å². The highest BCUT2D eigenvalue weighted by atomic mass is 127. The fourth-order valence-electron chi connectivity index (χ4n) is 10.9. The van der Waals surface area contributed by atoms with Crippen molar-refractivity contribution in [3.63, 3.8) is 0 Å². The molecule has 0 spiro atoms. The Morgan fingerprint density at radius 3 is 1.89 bits per heavy atom. The van der Waals surface area contributed by atoms with Crippen LogP contribution in [0.2, 0.25) is 0 Å². The number of carbonyl (C=O) groups is 3. The van der Waals surface area contributed by atoms with E-state index in [1.54, 1.807) is 0 Å². The number of aromatic amines is 2. The Morgan fingerprint density at radius 1 is 0.772 bits per heavy atom. The Morgan fingerprint density at radius 2 is 1.32 bits per heavy atom. The fraction of sp³-hybridized carbons (Fsp3) is 0.533. The summed E-state index contributed by atoms with van der Waals surface area (Å²) in [5.41, 5.74) is 8.42. The van der Waals surface area contributed by atoms with Gasteiger partial charge in [0.1, 0.15) is 28.8 Å². The minimum atomic E-state index is -0.671. The topological polar surface area (TPSA) is 136 Å². The maximum atomic E-state index is 14.0. The highest BCUT2D eigenvalue weighted by molar-refractivity contribution is 14.1. The van der Waals surface area contributed by atoms with Crippen LogP contribution in [0.4, 0.5) is 4.79 Å². The van der Waals surface area contributed by atoms with Crippen LogP contribution in [0.15, 0.2) is 48.8 Å². The number of hydrogen-bond donors (Lipinski definition) is 3. The Balaban J connectivity index is 0.952. The second kappa shape index (κ2) is 14.6. The number of carbonyl (C=O) groups excluding carboxylic acids is 3. The van der Waals surface area contributed by atoms with Crippen LogP contribution in [-0.4, -0.2) is 77.8 Å². The van der Waals surface area contributed by atoms with Crippen molar-refractivity contribution >= 4 is 40.5 Å². The van der Waals surface area contributed by atoms with Crippen LogP contribution < -0.4 is 5.32 Å². The molecule has 2 aromatic heterocycles. The number of nitrogens with zero attached hydrogens (tertiary/aromatic N) is 4. The number of fused-ring (bicyclic) bond motifs is 5. The van der Waals surface area contributed by atoms with Crippen molar-refractivity contribution in [3.8, 4) is 33.6 Å². The molecule has 0 radical (unpaired) electrons. The molecule has 9 rings (SSSR count). The number of amides is 3. The smallest absolute Gasteiger partial charge is 0.407 e. The second-order valence-corrected chi connectivity index (χ2v) is 19.3. The molecule has 2 saturated carbocycles. The van der Waals surface area contributed by atoms with E-state index < -0.39 is 17.7 Å². The third-order valence-electron chi connectivity index (χ3n) is 13.9.